The Morgan fingerprint density at radius 1 is 1.20 bits per heavy atom. The quantitative estimate of drug-likeness (QED) is 0.473. The van der Waals surface area contributed by atoms with E-state index >= 15 is 4.39 Å². The summed E-state index contributed by atoms with van der Waals surface area (Å²) in [6.07, 6.45) is 3.52. The molecule has 1 fully saturated rings. The number of amides is 1. The summed E-state index contributed by atoms with van der Waals surface area (Å²) in [5, 5.41) is 6.50. The predicted octanol–water partition coefficient (Wildman–Crippen LogP) is 4.27. The van der Waals surface area contributed by atoms with Crippen molar-refractivity contribution in [1.82, 2.24) is 19.3 Å². The number of ether oxygens (including phenoxy) is 1. The van der Waals surface area contributed by atoms with E-state index < -0.39 is 17.8 Å². The van der Waals surface area contributed by atoms with Crippen LogP contribution in [0.3, 0.4) is 0 Å². The number of hydrogen-bond donors (Lipinski definition) is 1. The van der Waals surface area contributed by atoms with Crippen molar-refractivity contribution in [2.75, 3.05) is 19.4 Å². The van der Waals surface area contributed by atoms with Gasteiger partial charge in [-0.25, -0.2) is 24.0 Å². The van der Waals surface area contributed by atoms with Gasteiger partial charge < -0.3 is 15.4 Å². The summed E-state index contributed by atoms with van der Waals surface area (Å²) in [7, 11) is 1.57. The molecule has 1 unspecified atom stereocenters. The molecule has 3 heterocycles. The number of fused-ring (bicyclic) bond motifs is 4. The molecule has 35 heavy (non-hydrogen) atoms. The molecule has 0 saturated heterocycles. The lowest BCUT2D eigenvalue weighted by atomic mass is 10.0. The van der Waals surface area contributed by atoms with Gasteiger partial charge in [-0.2, -0.15) is 0 Å². The molecule has 6 rings (SSSR count). The van der Waals surface area contributed by atoms with Crippen molar-refractivity contribution >= 4 is 28.3 Å². The molecule has 178 valence electrons. The topological polar surface area (TPSA) is 110 Å². The molecule has 0 spiro atoms. The smallest absolute Gasteiger partial charge is 0.257 e. The normalized spacial score (nSPS) is 16.5. The van der Waals surface area contributed by atoms with Crippen molar-refractivity contribution in [3.8, 4) is 12.3 Å². The Labute approximate surface area is 199 Å². The molecule has 2 aromatic heterocycles. The summed E-state index contributed by atoms with van der Waals surface area (Å²) >= 11 is 0. The largest absolute Gasteiger partial charge is 0.491 e. The fraction of sp³-hybridized carbons (Fsp3) is 0.280. The first-order valence-corrected chi connectivity index (χ1v) is 11.0. The van der Waals surface area contributed by atoms with E-state index in [-0.39, 0.29) is 29.7 Å². The Hall–Kier alpha value is -4.26. The summed E-state index contributed by atoms with van der Waals surface area (Å²) in [5.74, 6) is -0.472. The maximum atomic E-state index is 15.0. The number of anilines is 1. The number of nitrogen functional groups attached to an aromatic ring is 1. The van der Waals surface area contributed by atoms with Crippen LogP contribution in [-0.2, 0) is 0 Å². The van der Waals surface area contributed by atoms with Gasteiger partial charge in [-0.3, -0.25) is 9.20 Å². The van der Waals surface area contributed by atoms with E-state index in [0.717, 1.165) is 12.8 Å². The van der Waals surface area contributed by atoms with Gasteiger partial charge in [-0.1, -0.05) is 0 Å². The molecule has 4 aromatic rings. The van der Waals surface area contributed by atoms with Crippen LogP contribution < -0.4 is 10.5 Å². The molecule has 10 heteroatoms. The SMILES string of the molecule is C#N.Cc1ncn2c1c(N)nc1cc(F)c(C(=O)N(C)C3COc4cc(C5CC5)c(F)cc43)cc12. The van der Waals surface area contributed by atoms with E-state index in [1.165, 1.54) is 23.1 Å². The van der Waals surface area contributed by atoms with E-state index in [2.05, 4.69) is 16.5 Å². The van der Waals surface area contributed by atoms with Crippen LogP contribution in [0.1, 0.15) is 52.0 Å². The number of likely N-dealkylation sites (N-methyl/N-ethyl adjacent to an activating group) is 1. The number of imidazole rings is 1. The zero-order valence-corrected chi connectivity index (χ0v) is 19.1. The molecule has 1 aliphatic heterocycles. The number of carbonyl (C=O) groups excluding carboxylic acids is 1. The molecule has 0 radical (unpaired) electrons. The third-order valence-electron chi connectivity index (χ3n) is 6.68. The van der Waals surface area contributed by atoms with Gasteiger partial charge in [0.2, 0.25) is 0 Å². The number of rotatable bonds is 3. The first-order chi connectivity index (χ1) is 16.8. The summed E-state index contributed by atoms with van der Waals surface area (Å²) in [4.78, 5) is 23.3. The van der Waals surface area contributed by atoms with Crippen molar-refractivity contribution in [3.63, 3.8) is 0 Å². The molecule has 8 nitrogen and oxygen atoms in total. The highest BCUT2D eigenvalue weighted by molar-refractivity contribution is 5.98. The standard InChI is InChI=1S/C24H21F2N5O2.CHN/c1-11-22-23(27)29-18-8-17(26)14(6-19(18)31(22)10-28-11)24(32)30(2)20-9-33-21-7-13(12-3-4-12)16(25)5-15(20)21;1-2/h5-8,10,12,20H,3-4,9H2,1-2H3,(H2,27,29);1H. The molecule has 1 aliphatic carbocycles. The number of nitrogens with zero attached hydrogens (tertiary/aromatic N) is 5. The van der Waals surface area contributed by atoms with Crippen molar-refractivity contribution in [2.45, 2.75) is 31.7 Å². The summed E-state index contributed by atoms with van der Waals surface area (Å²) in [6.45, 7) is 5.48. The molecule has 2 aliphatic rings. The van der Waals surface area contributed by atoms with Crippen LogP contribution in [0.2, 0.25) is 0 Å². The van der Waals surface area contributed by atoms with Gasteiger partial charge >= 0.3 is 0 Å². The third kappa shape index (κ3) is 3.51. The molecule has 1 saturated carbocycles. The van der Waals surface area contributed by atoms with Gasteiger partial charge in [0.1, 0.15) is 41.7 Å². The van der Waals surface area contributed by atoms with Crippen LogP contribution in [0.15, 0.2) is 30.6 Å². The minimum Gasteiger partial charge on any atom is -0.491 e. The maximum absolute atomic E-state index is 15.0. The molecule has 2 aromatic carbocycles. The third-order valence-corrected chi connectivity index (χ3v) is 6.68. The fourth-order valence-electron chi connectivity index (χ4n) is 4.70. The van der Waals surface area contributed by atoms with Crippen LogP contribution in [0.5, 0.6) is 5.75 Å². The highest BCUT2D eigenvalue weighted by Crippen LogP contribution is 2.46. The number of nitrogens with two attached hydrogens (primary N) is 1. The second-order valence-electron chi connectivity index (χ2n) is 8.80. The second kappa shape index (κ2) is 8.20. The Kier molecular flexibility index (Phi) is 5.28. The lowest BCUT2D eigenvalue weighted by Gasteiger charge is -2.24. The predicted molar refractivity (Wildman–Crippen MR) is 125 cm³/mol. The summed E-state index contributed by atoms with van der Waals surface area (Å²) in [5.41, 5.74) is 9.29. The fourth-order valence-corrected chi connectivity index (χ4v) is 4.70. The first-order valence-electron chi connectivity index (χ1n) is 11.0. The maximum Gasteiger partial charge on any atom is 0.257 e. The average molecular weight is 476 g/mol. The van der Waals surface area contributed by atoms with Crippen molar-refractivity contribution in [1.29, 1.82) is 5.26 Å². The van der Waals surface area contributed by atoms with Crippen molar-refractivity contribution in [3.05, 3.63) is 64.6 Å². The van der Waals surface area contributed by atoms with E-state index in [1.807, 2.05) is 0 Å². The van der Waals surface area contributed by atoms with Gasteiger partial charge in [-0.05, 0) is 49.4 Å². The number of hydrogen-bond acceptors (Lipinski definition) is 6. The van der Waals surface area contributed by atoms with E-state index in [0.29, 0.717) is 39.1 Å². The van der Waals surface area contributed by atoms with Gasteiger partial charge in [0.15, 0.2) is 0 Å². The Balaban J connectivity index is 0.00000124. The minimum atomic E-state index is -0.711. The Morgan fingerprint density at radius 3 is 2.66 bits per heavy atom. The summed E-state index contributed by atoms with van der Waals surface area (Å²) in [6, 6.07) is 5.32. The number of halogens is 2. The van der Waals surface area contributed by atoms with Gasteiger partial charge in [-0.15, -0.1) is 0 Å². The van der Waals surface area contributed by atoms with Crippen LogP contribution >= 0.6 is 0 Å². The van der Waals surface area contributed by atoms with Crippen LogP contribution in [0.4, 0.5) is 14.6 Å². The van der Waals surface area contributed by atoms with E-state index in [4.69, 9.17) is 15.7 Å². The average Bonchev–Trinajstić information content (AvgIpc) is 3.49. The molecule has 0 bridgehead atoms. The molecule has 2 N–H and O–H groups in total. The summed E-state index contributed by atoms with van der Waals surface area (Å²) < 4.78 is 37.2. The molecular formula is C25H22F2N6O2. The monoisotopic (exact) mass is 476 g/mol. The number of carbonyl (C=O) groups is 1. The molecule has 1 atom stereocenters. The number of benzene rings is 2. The molecule has 1 amide bonds. The van der Waals surface area contributed by atoms with Gasteiger partial charge in [0.25, 0.3) is 5.91 Å². The van der Waals surface area contributed by atoms with Crippen LogP contribution in [0, 0.1) is 30.4 Å². The number of aromatic nitrogens is 3. The van der Waals surface area contributed by atoms with E-state index in [9.17, 15) is 9.18 Å². The van der Waals surface area contributed by atoms with Crippen molar-refractivity contribution < 1.29 is 18.3 Å². The second-order valence-corrected chi connectivity index (χ2v) is 8.80. The number of aryl methyl sites for hydroxylation is 1. The van der Waals surface area contributed by atoms with E-state index in [1.54, 1.807) is 30.8 Å². The molecular weight excluding hydrogens is 454 g/mol. The van der Waals surface area contributed by atoms with Crippen LogP contribution in [-0.4, -0.2) is 38.8 Å². The Morgan fingerprint density at radius 2 is 1.94 bits per heavy atom. The van der Waals surface area contributed by atoms with Crippen LogP contribution in [0.25, 0.3) is 16.6 Å². The number of nitriles is 1. The lowest BCUT2D eigenvalue weighted by molar-refractivity contribution is 0.0704. The lowest BCUT2D eigenvalue weighted by Crippen LogP contribution is -2.32. The zero-order chi connectivity index (χ0) is 25.0. The highest BCUT2D eigenvalue weighted by atomic mass is 19.1. The minimum absolute atomic E-state index is 0.118. The zero-order valence-electron chi connectivity index (χ0n) is 19.1. The Bertz CT molecular complexity index is 1530. The highest BCUT2D eigenvalue weighted by Gasteiger charge is 2.35. The van der Waals surface area contributed by atoms with Crippen molar-refractivity contribution in [2.24, 2.45) is 0 Å². The van der Waals surface area contributed by atoms with Gasteiger partial charge in [0, 0.05) is 25.2 Å². The first kappa shape index (κ1) is 22.5. The van der Waals surface area contributed by atoms with Gasteiger partial charge in [0.05, 0.1) is 28.3 Å².